The van der Waals surface area contributed by atoms with E-state index in [0.29, 0.717) is 27.1 Å². The molecule has 0 fully saturated rings. The first kappa shape index (κ1) is 18.3. The molecular weight excluding hydrogens is 399 g/mol. The first-order valence-electron chi connectivity index (χ1n) is 8.36. The lowest BCUT2D eigenvalue weighted by Gasteiger charge is -2.06. The Morgan fingerprint density at radius 2 is 1.93 bits per heavy atom. The van der Waals surface area contributed by atoms with Gasteiger partial charge in [-0.05, 0) is 25.1 Å². The second-order valence-corrected chi connectivity index (χ2v) is 7.24. The summed E-state index contributed by atoms with van der Waals surface area (Å²) in [4.78, 5) is 17.1. The van der Waals surface area contributed by atoms with Crippen molar-refractivity contribution in [1.82, 2.24) is 14.8 Å². The predicted molar refractivity (Wildman–Crippen MR) is 109 cm³/mol. The van der Waals surface area contributed by atoms with Crippen LogP contribution >= 0.6 is 22.9 Å². The van der Waals surface area contributed by atoms with Crippen LogP contribution in [-0.4, -0.2) is 20.7 Å². The first-order valence-corrected chi connectivity index (χ1v) is 9.61. The molecule has 4 rings (SSSR count). The third-order valence-electron chi connectivity index (χ3n) is 4.21. The van der Waals surface area contributed by atoms with Gasteiger partial charge in [-0.25, -0.2) is 14.1 Å². The van der Waals surface area contributed by atoms with E-state index >= 15 is 0 Å². The Morgan fingerprint density at radius 1 is 1.18 bits per heavy atom. The van der Waals surface area contributed by atoms with Crippen molar-refractivity contribution in [3.8, 4) is 16.9 Å². The number of para-hydroxylation sites is 1. The van der Waals surface area contributed by atoms with Crippen molar-refractivity contribution in [2.75, 3.05) is 5.32 Å². The fraction of sp³-hybridized carbons (Fsp3) is 0.0500. The minimum absolute atomic E-state index is 0.286. The van der Waals surface area contributed by atoms with Gasteiger partial charge in [-0.1, -0.05) is 41.9 Å². The van der Waals surface area contributed by atoms with Gasteiger partial charge < -0.3 is 0 Å². The number of anilines is 1. The van der Waals surface area contributed by atoms with Crippen molar-refractivity contribution in [3.05, 3.63) is 82.2 Å². The molecule has 1 N–H and O–H groups in total. The summed E-state index contributed by atoms with van der Waals surface area (Å²) in [5.41, 5.74) is 2.65. The molecule has 1 amide bonds. The molecule has 28 heavy (non-hydrogen) atoms. The molecule has 140 valence electrons. The van der Waals surface area contributed by atoms with E-state index in [9.17, 15) is 9.18 Å². The zero-order chi connectivity index (χ0) is 19.7. The summed E-state index contributed by atoms with van der Waals surface area (Å²) in [6.07, 6.45) is 1.42. The normalized spacial score (nSPS) is 10.8. The maximum absolute atomic E-state index is 14.0. The number of nitrogens with zero attached hydrogens (tertiary/aromatic N) is 3. The Balaban J connectivity index is 1.57. The van der Waals surface area contributed by atoms with Gasteiger partial charge in [0, 0.05) is 16.0 Å². The van der Waals surface area contributed by atoms with Crippen LogP contribution in [-0.2, 0) is 0 Å². The van der Waals surface area contributed by atoms with Crippen LogP contribution in [0.15, 0.2) is 60.1 Å². The number of aromatic nitrogens is 3. The molecule has 0 radical (unpaired) electrons. The predicted octanol–water partition coefficient (Wildman–Crippen LogP) is 5.35. The number of benzene rings is 2. The second kappa shape index (κ2) is 7.53. The van der Waals surface area contributed by atoms with Gasteiger partial charge in [0.2, 0.25) is 0 Å². The fourth-order valence-electron chi connectivity index (χ4n) is 2.79. The Bertz CT molecular complexity index is 1170. The zero-order valence-corrected chi connectivity index (χ0v) is 16.3. The third-order valence-corrected chi connectivity index (χ3v) is 5.30. The molecule has 0 bridgehead atoms. The maximum Gasteiger partial charge on any atom is 0.260 e. The molecule has 2 heterocycles. The van der Waals surface area contributed by atoms with Gasteiger partial charge in [0.1, 0.15) is 11.5 Å². The number of carbonyl (C=O) groups is 1. The summed E-state index contributed by atoms with van der Waals surface area (Å²) in [7, 11) is 0. The van der Waals surface area contributed by atoms with Gasteiger partial charge >= 0.3 is 0 Å². The Kier molecular flexibility index (Phi) is 4.93. The molecule has 0 unspecified atom stereocenters. The smallest absolute Gasteiger partial charge is 0.260 e. The van der Waals surface area contributed by atoms with E-state index in [1.165, 1.54) is 28.3 Å². The third kappa shape index (κ3) is 3.42. The topological polar surface area (TPSA) is 59.8 Å². The van der Waals surface area contributed by atoms with Crippen molar-refractivity contribution in [2.45, 2.75) is 6.92 Å². The summed E-state index contributed by atoms with van der Waals surface area (Å²) in [5.74, 6) is -0.773. The highest BCUT2D eigenvalue weighted by Gasteiger charge is 2.18. The van der Waals surface area contributed by atoms with Gasteiger partial charge in [-0.15, -0.1) is 11.3 Å². The lowest BCUT2D eigenvalue weighted by Crippen LogP contribution is -2.13. The second-order valence-electron chi connectivity index (χ2n) is 5.98. The molecule has 5 nitrogen and oxygen atoms in total. The van der Waals surface area contributed by atoms with Crippen LogP contribution < -0.4 is 5.32 Å². The highest BCUT2D eigenvalue weighted by molar-refractivity contribution is 7.14. The molecule has 0 saturated carbocycles. The quantitative estimate of drug-likeness (QED) is 0.491. The molecule has 0 aliphatic rings. The van der Waals surface area contributed by atoms with Crippen LogP contribution in [0.2, 0.25) is 5.02 Å². The number of amides is 1. The number of hydrogen-bond donors (Lipinski definition) is 1. The van der Waals surface area contributed by atoms with Gasteiger partial charge in [-0.2, -0.15) is 5.10 Å². The summed E-state index contributed by atoms with van der Waals surface area (Å²) in [6, 6.07) is 13.6. The molecular formula is C20H14ClFN4OS. The highest BCUT2D eigenvalue weighted by Crippen LogP contribution is 2.30. The summed E-state index contributed by atoms with van der Waals surface area (Å²) < 4.78 is 15.4. The van der Waals surface area contributed by atoms with E-state index in [0.717, 1.165) is 5.56 Å². The average molecular weight is 413 g/mol. The molecule has 0 aliphatic heterocycles. The van der Waals surface area contributed by atoms with E-state index in [1.54, 1.807) is 31.2 Å². The van der Waals surface area contributed by atoms with Gasteiger partial charge in [0.05, 0.1) is 23.1 Å². The number of nitrogens with one attached hydrogen (secondary N) is 1. The number of carbonyl (C=O) groups excluding carboxylic acids is 1. The molecule has 4 aromatic rings. The Labute approximate surface area is 169 Å². The standard InChI is InChI=1S/C20H14ClFN4OS/c1-12-14(10-23-26(12)18-9-5-4-8-16(18)22)19(27)25-20-24-17(11-28-20)13-6-2-3-7-15(13)21/h2-11H,1H3,(H,24,25,27). The lowest BCUT2D eigenvalue weighted by atomic mass is 10.2. The fourth-order valence-corrected chi connectivity index (χ4v) is 3.73. The van der Waals surface area contributed by atoms with E-state index in [4.69, 9.17) is 11.6 Å². The molecule has 8 heteroatoms. The number of hydrogen-bond acceptors (Lipinski definition) is 4. The van der Waals surface area contributed by atoms with Crippen molar-refractivity contribution < 1.29 is 9.18 Å². The van der Waals surface area contributed by atoms with Gasteiger partial charge in [0.15, 0.2) is 5.13 Å². The molecule has 0 saturated heterocycles. The Hall–Kier alpha value is -3.03. The lowest BCUT2D eigenvalue weighted by molar-refractivity contribution is 0.102. The number of thiazole rings is 1. The zero-order valence-electron chi connectivity index (χ0n) is 14.7. The Morgan fingerprint density at radius 3 is 2.71 bits per heavy atom. The highest BCUT2D eigenvalue weighted by atomic mass is 35.5. The van der Waals surface area contributed by atoms with Crippen LogP contribution in [0.1, 0.15) is 16.1 Å². The summed E-state index contributed by atoms with van der Waals surface area (Å²) in [6.45, 7) is 1.71. The summed E-state index contributed by atoms with van der Waals surface area (Å²) >= 11 is 7.50. The van der Waals surface area contributed by atoms with E-state index in [2.05, 4.69) is 15.4 Å². The molecule has 0 atom stereocenters. The summed E-state index contributed by atoms with van der Waals surface area (Å²) in [5, 5.41) is 9.78. The average Bonchev–Trinajstić information content (AvgIpc) is 3.29. The van der Waals surface area contributed by atoms with Crippen LogP contribution in [0.4, 0.5) is 9.52 Å². The molecule has 0 aliphatic carbocycles. The van der Waals surface area contributed by atoms with Gasteiger partial charge in [0.25, 0.3) is 5.91 Å². The number of rotatable bonds is 4. The monoisotopic (exact) mass is 412 g/mol. The SMILES string of the molecule is Cc1c(C(=O)Nc2nc(-c3ccccc3Cl)cs2)cnn1-c1ccccc1F. The largest absolute Gasteiger partial charge is 0.298 e. The molecule has 2 aromatic carbocycles. The minimum atomic E-state index is -0.412. The maximum atomic E-state index is 14.0. The molecule has 2 aromatic heterocycles. The van der Waals surface area contributed by atoms with Gasteiger partial charge in [-0.3, -0.25) is 10.1 Å². The van der Waals surface area contributed by atoms with E-state index < -0.39 is 5.82 Å². The van der Waals surface area contributed by atoms with Crippen LogP contribution in [0.25, 0.3) is 16.9 Å². The number of halogens is 2. The first-order chi connectivity index (χ1) is 13.5. The van der Waals surface area contributed by atoms with E-state index in [-0.39, 0.29) is 11.6 Å². The molecule has 0 spiro atoms. The van der Waals surface area contributed by atoms with Crippen molar-refractivity contribution in [3.63, 3.8) is 0 Å². The minimum Gasteiger partial charge on any atom is -0.298 e. The van der Waals surface area contributed by atoms with Crippen molar-refractivity contribution in [1.29, 1.82) is 0 Å². The van der Waals surface area contributed by atoms with Crippen LogP contribution in [0.5, 0.6) is 0 Å². The van der Waals surface area contributed by atoms with E-state index in [1.807, 2.05) is 23.6 Å². The van der Waals surface area contributed by atoms with Crippen molar-refractivity contribution in [2.24, 2.45) is 0 Å². The van der Waals surface area contributed by atoms with Crippen molar-refractivity contribution >= 4 is 34.0 Å². The van der Waals surface area contributed by atoms with Crippen LogP contribution in [0, 0.1) is 12.7 Å². The van der Waals surface area contributed by atoms with Crippen LogP contribution in [0.3, 0.4) is 0 Å².